The molecule has 0 aliphatic heterocycles. The van der Waals surface area contributed by atoms with Gasteiger partial charge >= 0.3 is 6.03 Å². The highest BCUT2D eigenvalue weighted by molar-refractivity contribution is 5.92. The highest BCUT2D eigenvalue weighted by atomic mass is 16.2. The van der Waals surface area contributed by atoms with Gasteiger partial charge < -0.3 is 10.6 Å². The number of aromatic amines is 1. The monoisotopic (exact) mass is 312 g/mol. The summed E-state index contributed by atoms with van der Waals surface area (Å²) in [7, 11) is 0. The Hall–Kier alpha value is -2.04. The van der Waals surface area contributed by atoms with Crippen molar-refractivity contribution in [3.8, 4) is 0 Å². The maximum atomic E-state index is 12.3. The van der Waals surface area contributed by atoms with Crippen molar-refractivity contribution in [2.24, 2.45) is 11.8 Å². The zero-order valence-electron chi connectivity index (χ0n) is 13.3. The molecule has 5 nitrogen and oxygen atoms in total. The van der Waals surface area contributed by atoms with Gasteiger partial charge in [-0.15, -0.1) is 0 Å². The molecule has 0 radical (unpaired) electrons. The molecule has 3 N–H and O–H groups in total. The molecule has 1 heterocycles. The Morgan fingerprint density at radius 1 is 1.13 bits per heavy atom. The van der Waals surface area contributed by atoms with Gasteiger partial charge in [-0.3, -0.25) is 5.10 Å². The summed E-state index contributed by atoms with van der Waals surface area (Å²) in [6.45, 7) is 0. The number of nitrogens with zero attached hydrogens (tertiary/aromatic N) is 1. The highest BCUT2D eigenvalue weighted by Crippen LogP contribution is 2.40. The number of aromatic nitrogens is 2. The quantitative estimate of drug-likeness (QED) is 0.783. The Kier molecular flexibility index (Phi) is 3.93. The number of rotatable bonds is 2. The van der Waals surface area contributed by atoms with Crippen LogP contribution in [0.1, 0.15) is 44.9 Å². The maximum Gasteiger partial charge on any atom is 0.319 e. The lowest BCUT2D eigenvalue weighted by Crippen LogP contribution is -2.43. The molecule has 0 saturated heterocycles. The van der Waals surface area contributed by atoms with Crippen LogP contribution in [0.2, 0.25) is 0 Å². The van der Waals surface area contributed by atoms with E-state index in [4.69, 9.17) is 0 Å². The van der Waals surface area contributed by atoms with Crippen molar-refractivity contribution in [2.45, 2.75) is 51.0 Å². The lowest BCUT2D eigenvalue weighted by atomic mass is 9.69. The van der Waals surface area contributed by atoms with Gasteiger partial charge in [-0.25, -0.2) is 4.79 Å². The average Bonchev–Trinajstić information content (AvgIpc) is 3.02. The number of amides is 2. The van der Waals surface area contributed by atoms with Crippen molar-refractivity contribution in [3.63, 3.8) is 0 Å². The molecule has 3 unspecified atom stereocenters. The summed E-state index contributed by atoms with van der Waals surface area (Å²) >= 11 is 0. The van der Waals surface area contributed by atoms with Gasteiger partial charge in [0.25, 0.3) is 0 Å². The number of anilines is 1. The first-order valence-corrected chi connectivity index (χ1v) is 8.78. The zero-order chi connectivity index (χ0) is 15.6. The summed E-state index contributed by atoms with van der Waals surface area (Å²) in [6.07, 6.45) is 10.8. The maximum absolute atomic E-state index is 12.3. The lowest BCUT2D eigenvalue weighted by molar-refractivity contribution is 0.146. The van der Waals surface area contributed by atoms with Crippen LogP contribution in [0.5, 0.6) is 0 Å². The van der Waals surface area contributed by atoms with Gasteiger partial charge in [0.2, 0.25) is 0 Å². The summed E-state index contributed by atoms with van der Waals surface area (Å²) < 4.78 is 0. The van der Waals surface area contributed by atoms with Crippen LogP contribution in [0.15, 0.2) is 24.4 Å². The number of benzene rings is 1. The average molecular weight is 312 g/mol. The summed E-state index contributed by atoms with van der Waals surface area (Å²) in [5, 5.41) is 14.0. The van der Waals surface area contributed by atoms with E-state index >= 15 is 0 Å². The number of carbonyl (C=O) groups excluding carboxylic acids is 1. The fourth-order valence-electron chi connectivity index (χ4n) is 4.38. The number of urea groups is 1. The number of carbonyl (C=O) groups is 1. The second-order valence-corrected chi connectivity index (χ2v) is 7.09. The third kappa shape index (κ3) is 3.19. The molecule has 2 saturated carbocycles. The van der Waals surface area contributed by atoms with Gasteiger partial charge in [0.1, 0.15) is 0 Å². The predicted molar refractivity (Wildman–Crippen MR) is 91.3 cm³/mol. The van der Waals surface area contributed by atoms with E-state index in [9.17, 15) is 4.79 Å². The van der Waals surface area contributed by atoms with Crippen LogP contribution in [0.4, 0.5) is 10.5 Å². The Bertz CT molecular complexity index is 695. The normalized spacial score (nSPS) is 27.4. The van der Waals surface area contributed by atoms with E-state index in [0.29, 0.717) is 6.04 Å². The van der Waals surface area contributed by atoms with Crippen molar-refractivity contribution < 1.29 is 4.79 Å². The summed E-state index contributed by atoms with van der Waals surface area (Å²) in [4.78, 5) is 12.3. The highest BCUT2D eigenvalue weighted by Gasteiger charge is 2.32. The third-order valence-corrected chi connectivity index (χ3v) is 5.57. The third-order valence-electron chi connectivity index (χ3n) is 5.57. The van der Waals surface area contributed by atoms with E-state index in [-0.39, 0.29) is 6.03 Å². The fraction of sp³-hybridized carbons (Fsp3) is 0.556. The van der Waals surface area contributed by atoms with Crippen LogP contribution in [0.25, 0.3) is 10.9 Å². The van der Waals surface area contributed by atoms with Crippen LogP contribution >= 0.6 is 0 Å². The summed E-state index contributed by atoms with van der Waals surface area (Å²) in [5.41, 5.74) is 1.79. The molecule has 2 aliphatic carbocycles. The number of hydrogen-bond donors (Lipinski definition) is 3. The summed E-state index contributed by atoms with van der Waals surface area (Å²) in [5.74, 6) is 1.73. The molecule has 4 rings (SSSR count). The second kappa shape index (κ2) is 6.22. The molecule has 1 aromatic carbocycles. The second-order valence-electron chi connectivity index (χ2n) is 7.09. The molecule has 3 atom stereocenters. The van der Waals surface area contributed by atoms with Gasteiger partial charge in [0.15, 0.2) is 0 Å². The van der Waals surface area contributed by atoms with Crippen molar-refractivity contribution in [1.82, 2.24) is 15.5 Å². The Balaban J connectivity index is 1.34. The number of H-pyrrole nitrogens is 1. The topological polar surface area (TPSA) is 69.8 Å². The van der Waals surface area contributed by atoms with Crippen LogP contribution in [0, 0.1) is 11.8 Å². The van der Waals surface area contributed by atoms with Crippen molar-refractivity contribution in [2.75, 3.05) is 5.32 Å². The lowest BCUT2D eigenvalue weighted by Gasteiger charge is -2.39. The molecule has 2 amide bonds. The minimum absolute atomic E-state index is 0.0906. The molecular weight excluding hydrogens is 288 g/mol. The molecule has 23 heavy (non-hydrogen) atoms. The van der Waals surface area contributed by atoms with E-state index in [1.54, 1.807) is 6.20 Å². The van der Waals surface area contributed by atoms with E-state index in [1.165, 1.54) is 32.1 Å². The molecule has 5 heteroatoms. The van der Waals surface area contributed by atoms with E-state index < -0.39 is 0 Å². The van der Waals surface area contributed by atoms with Crippen LogP contribution in [-0.2, 0) is 0 Å². The minimum atomic E-state index is -0.0906. The molecule has 1 aromatic heterocycles. The van der Waals surface area contributed by atoms with E-state index in [0.717, 1.165) is 41.3 Å². The van der Waals surface area contributed by atoms with E-state index in [1.807, 2.05) is 18.2 Å². The largest absolute Gasteiger partial charge is 0.335 e. The minimum Gasteiger partial charge on any atom is -0.335 e. The Morgan fingerprint density at radius 3 is 2.91 bits per heavy atom. The van der Waals surface area contributed by atoms with Gasteiger partial charge in [0, 0.05) is 17.1 Å². The van der Waals surface area contributed by atoms with Crippen LogP contribution in [-0.4, -0.2) is 22.3 Å². The van der Waals surface area contributed by atoms with Crippen molar-refractivity contribution in [1.29, 1.82) is 0 Å². The van der Waals surface area contributed by atoms with Crippen LogP contribution in [0.3, 0.4) is 0 Å². The number of fused-ring (bicyclic) bond motifs is 2. The molecule has 0 bridgehead atoms. The Labute approximate surface area is 136 Å². The van der Waals surface area contributed by atoms with Crippen LogP contribution < -0.4 is 10.6 Å². The summed E-state index contributed by atoms with van der Waals surface area (Å²) in [6, 6.07) is 6.01. The first-order valence-electron chi connectivity index (χ1n) is 8.78. The smallest absolute Gasteiger partial charge is 0.319 e. The van der Waals surface area contributed by atoms with Crippen molar-refractivity contribution >= 4 is 22.6 Å². The molecule has 0 spiro atoms. The number of hydrogen-bond acceptors (Lipinski definition) is 2. The van der Waals surface area contributed by atoms with Crippen molar-refractivity contribution in [3.05, 3.63) is 24.4 Å². The Morgan fingerprint density at radius 2 is 2.00 bits per heavy atom. The first kappa shape index (κ1) is 14.5. The van der Waals surface area contributed by atoms with E-state index in [2.05, 4.69) is 20.8 Å². The fourth-order valence-corrected chi connectivity index (χ4v) is 4.38. The molecular formula is C18H24N4O. The molecule has 2 aromatic rings. The molecule has 2 fully saturated rings. The zero-order valence-corrected chi connectivity index (χ0v) is 13.3. The molecule has 122 valence electrons. The SMILES string of the molecule is O=C(Nc1ccc2[nH]ncc2c1)NC1CCC2CCCCC2C1. The van der Waals surface area contributed by atoms with Gasteiger partial charge in [-0.2, -0.15) is 5.10 Å². The van der Waals surface area contributed by atoms with Gasteiger partial charge in [0.05, 0.1) is 11.7 Å². The predicted octanol–water partition coefficient (Wildman–Crippen LogP) is 4.04. The number of nitrogens with one attached hydrogen (secondary N) is 3. The first-order chi connectivity index (χ1) is 11.3. The molecule has 2 aliphatic rings. The van der Waals surface area contributed by atoms with Gasteiger partial charge in [-0.1, -0.05) is 25.7 Å². The standard InChI is InChI=1S/C18H24N4O/c23-18(21-16-7-8-17-14(10-16)11-19-22-17)20-15-6-5-12-3-1-2-4-13(12)9-15/h7-8,10-13,15H,1-6,9H2,(H,19,22)(H2,20,21,23). The van der Waals surface area contributed by atoms with Gasteiger partial charge in [-0.05, 0) is 49.3 Å².